The van der Waals surface area contributed by atoms with Gasteiger partial charge in [-0.1, -0.05) is 39.8 Å². The summed E-state index contributed by atoms with van der Waals surface area (Å²) in [7, 11) is 0. The summed E-state index contributed by atoms with van der Waals surface area (Å²) in [6.45, 7) is 7.49. The molecule has 2 aromatic rings. The average molecular weight is 407 g/mol. The second kappa shape index (κ2) is 8.39. The van der Waals surface area contributed by atoms with E-state index in [1.54, 1.807) is 0 Å². The Hall–Kier alpha value is -1.73. The zero-order valence-corrected chi connectivity index (χ0v) is 16.4. The highest BCUT2D eigenvalue weighted by Gasteiger charge is 2.16. The third kappa shape index (κ3) is 5.42. The summed E-state index contributed by atoms with van der Waals surface area (Å²) < 4.78 is 1.00. The number of halogens is 1. The molecule has 1 amide bonds. The number of nitrogens with one attached hydrogen (secondary N) is 1. The number of benzene rings is 1. The van der Waals surface area contributed by atoms with Gasteiger partial charge in [-0.3, -0.25) is 4.79 Å². The molecule has 1 heterocycles. The highest BCUT2D eigenvalue weighted by Crippen LogP contribution is 2.20. The van der Waals surface area contributed by atoms with Gasteiger partial charge in [0.05, 0.1) is 11.0 Å². The number of hydrogen-bond donors (Lipinski definition) is 1. The van der Waals surface area contributed by atoms with Crippen LogP contribution in [0, 0.1) is 13.8 Å². The van der Waals surface area contributed by atoms with E-state index in [-0.39, 0.29) is 11.2 Å². The molecular formula is C17H19BrN4OS. The van der Waals surface area contributed by atoms with Gasteiger partial charge in [-0.15, -0.1) is 0 Å². The van der Waals surface area contributed by atoms with Crippen LogP contribution in [0.25, 0.3) is 0 Å². The standard InChI is InChI=1S/C17H19BrN4OS/c1-10-9-11(2)20-17(19-10)24-13(4)16(23)22-21-12(3)14-5-7-15(18)8-6-14/h5-9,13H,1-4H3,(H,22,23)/b21-12-/t13-/m0/s1. The molecule has 0 fully saturated rings. The van der Waals surface area contributed by atoms with Crippen molar-refractivity contribution in [1.82, 2.24) is 15.4 Å². The molecule has 0 radical (unpaired) electrons. The second-order valence-electron chi connectivity index (χ2n) is 5.37. The maximum Gasteiger partial charge on any atom is 0.253 e. The van der Waals surface area contributed by atoms with E-state index in [1.807, 2.05) is 58.0 Å². The minimum atomic E-state index is -0.340. The minimum Gasteiger partial charge on any atom is -0.272 e. The number of thioether (sulfide) groups is 1. The third-order valence-electron chi connectivity index (χ3n) is 3.21. The Balaban J connectivity index is 1.98. The van der Waals surface area contributed by atoms with Crippen LogP contribution in [0.3, 0.4) is 0 Å². The summed E-state index contributed by atoms with van der Waals surface area (Å²) in [5.74, 6) is -0.181. The van der Waals surface area contributed by atoms with Gasteiger partial charge in [0.25, 0.3) is 5.91 Å². The number of hydrazone groups is 1. The van der Waals surface area contributed by atoms with Crippen molar-refractivity contribution >= 4 is 39.3 Å². The van der Waals surface area contributed by atoms with Gasteiger partial charge in [-0.05, 0) is 51.5 Å². The first-order valence-corrected chi connectivity index (χ1v) is 9.11. The van der Waals surface area contributed by atoms with Crippen molar-refractivity contribution in [2.75, 3.05) is 0 Å². The summed E-state index contributed by atoms with van der Waals surface area (Å²) in [5.41, 5.74) is 6.09. The van der Waals surface area contributed by atoms with Crippen LogP contribution in [-0.4, -0.2) is 26.8 Å². The van der Waals surface area contributed by atoms with Crippen LogP contribution < -0.4 is 5.43 Å². The van der Waals surface area contributed by atoms with E-state index in [0.717, 1.165) is 27.1 Å². The smallest absolute Gasteiger partial charge is 0.253 e. The van der Waals surface area contributed by atoms with Crippen molar-refractivity contribution in [3.8, 4) is 0 Å². The summed E-state index contributed by atoms with van der Waals surface area (Å²) in [6, 6.07) is 9.66. The van der Waals surface area contributed by atoms with Gasteiger partial charge >= 0.3 is 0 Å². The third-order valence-corrected chi connectivity index (χ3v) is 4.70. The molecule has 1 N–H and O–H groups in total. The molecule has 126 valence electrons. The molecule has 5 nitrogen and oxygen atoms in total. The lowest BCUT2D eigenvalue weighted by molar-refractivity contribution is -0.120. The largest absolute Gasteiger partial charge is 0.272 e. The lowest BCUT2D eigenvalue weighted by Crippen LogP contribution is -2.28. The number of carbonyl (C=O) groups excluding carboxylic acids is 1. The van der Waals surface area contributed by atoms with E-state index in [0.29, 0.717) is 5.16 Å². The molecule has 0 aliphatic rings. The molecule has 24 heavy (non-hydrogen) atoms. The second-order valence-corrected chi connectivity index (χ2v) is 7.60. The first kappa shape index (κ1) is 18.6. The summed E-state index contributed by atoms with van der Waals surface area (Å²) in [5, 5.41) is 4.43. The van der Waals surface area contributed by atoms with E-state index < -0.39 is 0 Å². The van der Waals surface area contributed by atoms with Crippen LogP contribution in [0.5, 0.6) is 0 Å². The van der Waals surface area contributed by atoms with Crippen LogP contribution in [-0.2, 0) is 4.79 Å². The van der Waals surface area contributed by atoms with Gasteiger partial charge in [0, 0.05) is 15.9 Å². The van der Waals surface area contributed by atoms with Gasteiger partial charge < -0.3 is 0 Å². The summed E-state index contributed by atoms with van der Waals surface area (Å²) in [6.07, 6.45) is 0. The molecule has 1 aromatic carbocycles. The molecule has 7 heteroatoms. The Morgan fingerprint density at radius 3 is 2.38 bits per heavy atom. The van der Waals surface area contributed by atoms with Crippen molar-refractivity contribution in [3.63, 3.8) is 0 Å². The average Bonchev–Trinajstić information content (AvgIpc) is 2.51. The number of carbonyl (C=O) groups is 1. The Morgan fingerprint density at radius 2 is 1.79 bits per heavy atom. The van der Waals surface area contributed by atoms with Crippen molar-refractivity contribution in [3.05, 3.63) is 51.8 Å². The predicted molar refractivity (Wildman–Crippen MR) is 101 cm³/mol. The number of rotatable bonds is 5. The zero-order valence-electron chi connectivity index (χ0n) is 14.0. The Kier molecular flexibility index (Phi) is 6.51. The minimum absolute atomic E-state index is 0.181. The number of hydrogen-bond acceptors (Lipinski definition) is 5. The first-order valence-electron chi connectivity index (χ1n) is 7.44. The van der Waals surface area contributed by atoms with E-state index in [9.17, 15) is 4.79 Å². The summed E-state index contributed by atoms with van der Waals surface area (Å²) in [4.78, 5) is 20.9. The molecule has 0 unspecified atom stereocenters. The summed E-state index contributed by atoms with van der Waals surface area (Å²) >= 11 is 4.71. The van der Waals surface area contributed by atoms with Crippen molar-refractivity contribution in [1.29, 1.82) is 0 Å². The highest BCUT2D eigenvalue weighted by atomic mass is 79.9. The molecular weight excluding hydrogens is 388 g/mol. The number of aryl methyl sites for hydroxylation is 2. The van der Waals surface area contributed by atoms with Gasteiger partial charge in [-0.2, -0.15) is 5.10 Å². The van der Waals surface area contributed by atoms with Crippen LogP contribution >= 0.6 is 27.7 Å². The molecule has 1 atom stereocenters. The molecule has 0 aliphatic carbocycles. The van der Waals surface area contributed by atoms with E-state index in [1.165, 1.54) is 11.8 Å². The van der Waals surface area contributed by atoms with Crippen LogP contribution in [0.1, 0.15) is 30.8 Å². The molecule has 0 saturated carbocycles. The normalized spacial score (nSPS) is 12.8. The van der Waals surface area contributed by atoms with E-state index >= 15 is 0 Å². The van der Waals surface area contributed by atoms with Crippen molar-refractivity contribution in [2.45, 2.75) is 38.1 Å². The Labute approximate surface area is 154 Å². The number of nitrogens with zero attached hydrogens (tertiary/aromatic N) is 3. The number of aromatic nitrogens is 2. The van der Waals surface area contributed by atoms with E-state index in [4.69, 9.17) is 0 Å². The molecule has 0 saturated heterocycles. The number of amides is 1. The van der Waals surface area contributed by atoms with E-state index in [2.05, 4.69) is 36.4 Å². The molecule has 0 spiro atoms. The van der Waals surface area contributed by atoms with Gasteiger partial charge in [0.15, 0.2) is 5.16 Å². The fourth-order valence-corrected chi connectivity index (χ4v) is 3.08. The topological polar surface area (TPSA) is 67.2 Å². The maximum atomic E-state index is 12.2. The fourth-order valence-electron chi connectivity index (χ4n) is 1.94. The van der Waals surface area contributed by atoms with Crippen LogP contribution in [0.15, 0.2) is 45.1 Å². The molecule has 0 aliphatic heterocycles. The first-order chi connectivity index (χ1) is 11.3. The fraction of sp³-hybridized carbons (Fsp3) is 0.294. The highest BCUT2D eigenvalue weighted by molar-refractivity contribution is 9.10. The zero-order chi connectivity index (χ0) is 17.7. The Bertz CT molecular complexity index is 741. The molecule has 0 bridgehead atoms. The van der Waals surface area contributed by atoms with Crippen LogP contribution in [0.4, 0.5) is 0 Å². The van der Waals surface area contributed by atoms with Crippen LogP contribution in [0.2, 0.25) is 0 Å². The van der Waals surface area contributed by atoms with Gasteiger partial charge in [0.2, 0.25) is 0 Å². The molecule has 2 rings (SSSR count). The Morgan fingerprint density at radius 1 is 1.21 bits per heavy atom. The SMILES string of the molecule is C/C(=N/NC(=O)[C@H](C)Sc1nc(C)cc(C)n1)c1ccc(Br)cc1. The quantitative estimate of drug-likeness (QED) is 0.354. The monoisotopic (exact) mass is 406 g/mol. The van der Waals surface area contributed by atoms with Gasteiger partial charge in [0.1, 0.15) is 0 Å². The predicted octanol–water partition coefficient (Wildman–Crippen LogP) is 3.88. The van der Waals surface area contributed by atoms with Crippen molar-refractivity contribution < 1.29 is 4.79 Å². The van der Waals surface area contributed by atoms with Crippen molar-refractivity contribution in [2.24, 2.45) is 5.10 Å². The maximum absolute atomic E-state index is 12.2. The lowest BCUT2D eigenvalue weighted by atomic mass is 10.1. The molecule has 1 aromatic heterocycles. The van der Waals surface area contributed by atoms with Gasteiger partial charge in [-0.25, -0.2) is 15.4 Å². The lowest BCUT2D eigenvalue weighted by Gasteiger charge is -2.10.